The van der Waals surface area contributed by atoms with Crippen LogP contribution in [-0.4, -0.2) is 36.9 Å². The van der Waals surface area contributed by atoms with Crippen LogP contribution < -0.4 is 10.3 Å². The number of nitrogens with zero attached hydrogens (tertiary/aromatic N) is 1. The SMILES string of the molecule is CNS(=O)(=O)CCn1cc(C(=O)O)ccc1=O. The second-order valence-corrected chi connectivity index (χ2v) is 5.32. The standard InChI is InChI=1S/C9H12N2O5S/c1-10-17(15,16)5-4-11-6-7(9(13)14)2-3-8(11)12/h2-3,6,10H,4-5H2,1H3,(H,13,14). The Morgan fingerprint density at radius 3 is 2.65 bits per heavy atom. The molecule has 17 heavy (non-hydrogen) atoms. The zero-order valence-corrected chi connectivity index (χ0v) is 9.90. The van der Waals surface area contributed by atoms with Gasteiger partial charge in [0, 0.05) is 18.8 Å². The van der Waals surface area contributed by atoms with Crippen LogP contribution in [-0.2, 0) is 16.6 Å². The molecule has 1 aromatic rings. The van der Waals surface area contributed by atoms with Crippen LogP contribution in [0.15, 0.2) is 23.1 Å². The topological polar surface area (TPSA) is 105 Å². The summed E-state index contributed by atoms with van der Waals surface area (Å²) in [5, 5.41) is 8.73. The molecule has 0 unspecified atom stereocenters. The second-order valence-electron chi connectivity index (χ2n) is 3.28. The number of aromatic carboxylic acids is 1. The third-order valence-corrected chi connectivity index (χ3v) is 3.48. The molecule has 0 amide bonds. The molecular formula is C9H12N2O5S. The Hall–Kier alpha value is -1.67. The van der Waals surface area contributed by atoms with E-state index in [-0.39, 0.29) is 17.9 Å². The molecule has 0 fully saturated rings. The predicted molar refractivity (Wildman–Crippen MR) is 60.5 cm³/mol. The minimum Gasteiger partial charge on any atom is -0.478 e. The minimum absolute atomic E-state index is 0.0635. The van der Waals surface area contributed by atoms with Crippen molar-refractivity contribution < 1.29 is 18.3 Å². The van der Waals surface area contributed by atoms with Crippen molar-refractivity contribution in [1.82, 2.24) is 9.29 Å². The van der Waals surface area contributed by atoms with Crippen LogP contribution in [0.5, 0.6) is 0 Å². The van der Waals surface area contributed by atoms with Crippen LogP contribution in [0, 0.1) is 0 Å². The number of carboxylic acids is 1. The summed E-state index contributed by atoms with van der Waals surface area (Å²) in [6.07, 6.45) is 1.12. The number of carbonyl (C=O) groups is 1. The zero-order valence-electron chi connectivity index (χ0n) is 9.08. The van der Waals surface area contributed by atoms with Gasteiger partial charge in [0.15, 0.2) is 0 Å². The Morgan fingerprint density at radius 1 is 1.47 bits per heavy atom. The lowest BCUT2D eigenvalue weighted by Crippen LogP contribution is -2.29. The Balaban J connectivity index is 2.95. The maximum atomic E-state index is 11.4. The molecule has 0 atom stereocenters. The van der Waals surface area contributed by atoms with Gasteiger partial charge in [-0.15, -0.1) is 0 Å². The van der Waals surface area contributed by atoms with Crippen molar-refractivity contribution >= 4 is 16.0 Å². The lowest BCUT2D eigenvalue weighted by molar-refractivity contribution is 0.0696. The van der Waals surface area contributed by atoms with E-state index >= 15 is 0 Å². The maximum Gasteiger partial charge on any atom is 0.337 e. The number of aromatic nitrogens is 1. The number of nitrogens with one attached hydrogen (secondary N) is 1. The highest BCUT2D eigenvalue weighted by Gasteiger charge is 2.09. The van der Waals surface area contributed by atoms with Crippen molar-refractivity contribution in [3.63, 3.8) is 0 Å². The van der Waals surface area contributed by atoms with Crippen molar-refractivity contribution in [3.8, 4) is 0 Å². The van der Waals surface area contributed by atoms with E-state index in [1.165, 1.54) is 13.1 Å². The molecule has 8 heteroatoms. The third kappa shape index (κ3) is 3.68. The van der Waals surface area contributed by atoms with Gasteiger partial charge in [-0.25, -0.2) is 17.9 Å². The summed E-state index contributed by atoms with van der Waals surface area (Å²) in [6.45, 7) is -0.0941. The highest BCUT2D eigenvalue weighted by atomic mass is 32.2. The number of aryl methyl sites for hydroxylation is 1. The average Bonchev–Trinajstić information content (AvgIpc) is 2.27. The second kappa shape index (κ2) is 5.11. The fraction of sp³-hybridized carbons (Fsp3) is 0.333. The van der Waals surface area contributed by atoms with E-state index in [9.17, 15) is 18.0 Å². The Labute approximate surface area is 97.7 Å². The van der Waals surface area contributed by atoms with Gasteiger partial charge >= 0.3 is 5.97 Å². The molecule has 7 nitrogen and oxygen atoms in total. The molecule has 0 aliphatic carbocycles. The van der Waals surface area contributed by atoms with Gasteiger partial charge in [0.2, 0.25) is 10.0 Å². The molecular weight excluding hydrogens is 248 g/mol. The molecule has 2 N–H and O–H groups in total. The number of pyridine rings is 1. The van der Waals surface area contributed by atoms with Crippen molar-refractivity contribution in [3.05, 3.63) is 34.2 Å². The molecule has 1 heterocycles. The fourth-order valence-corrected chi connectivity index (χ4v) is 1.79. The fourth-order valence-electron chi connectivity index (χ4n) is 1.15. The summed E-state index contributed by atoms with van der Waals surface area (Å²) in [4.78, 5) is 22.0. The first-order valence-electron chi connectivity index (χ1n) is 4.71. The Bertz CT molecular complexity index is 575. The van der Waals surface area contributed by atoms with Gasteiger partial charge in [-0.1, -0.05) is 0 Å². The largest absolute Gasteiger partial charge is 0.478 e. The van der Waals surface area contributed by atoms with Gasteiger partial charge in [0.1, 0.15) is 0 Å². The predicted octanol–water partition coefficient (Wildman–Crippen LogP) is -0.904. The lowest BCUT2D eigenvalue weighted by Gasteiger charge is -2.06. The Kier molecular flexibility index (Phi) is 4.02. The molecule has 0 radical (unpaired) electrons. The van der Waals surface area contributed by atoms with E-state index in [1.54, 1.807) is 0 Å². The lowest BCUT2D eigenvalue weighted by atomic mass is 10.3. The summed E-state index contributed by atoms with van der Waals surface area (Å²) >= 11 is 0. The number of rotatable bonds is 5. The summed E-state index contributed by atoms with van der Waals surface area (Å²) in [6, 6.07) is 2.27. The summed E-state index contributed by atoms with van der Waals surface area (Å²) in [5.74, 6) is -1.46. The number of hydrogen-bond acceptors (Lipinski definition) is 4. The van der Waals surface area contributed by atoms with E-state index < -0.39 is 21.6 Å². The molecule has 0 saturated heterocycles. The van der Waals surface area contributed by atoms with Crippen molar-refractivity contribution in [2.75, 3.05) is 12.8 Å². The summed E-state index contributed by atoms with van der Waals surface area (Å²) in [5.41, 5.74) is -0.507. The molecule has 1 aromatic heterocycles. The molecule has 0 aliphatic heterocycles. The van der Waals surface area contributed by atoms with E-state index in [0.29, 0.717) is 0 Å². The molecule has 0 bridgehead atoms. The molecule has 0 spiro atoms. The highest BCUT2D eigenvalue weighted by Crippen LogP contribution is 1.96. The van der Waals surface area contributed by atoms with Crippen LogP contribution in [0.25, 0.3) is 0 Å². The van der Waals surface area contributed by atoms with E-state index in [4.69, 9.17) is 5.11 Å². The summed E-state index contributed by atoms with van der Waals surface area (Å²) < 4.78 is 25.5. The van der Waals surface area contributed by atoms with E-state index in [2.05, 4.69) is 4.72 Å². The van der Waals surface area contributed by atoms with Crippen molar-refractivity contribution in [2.45, 2.75) is 6.54 Å². The van der Waals surface area contributed by atoms with Crippen LogP contribution in [0.3, 0.4) is 0 Å². The Morgan fingerprint density at radius 2 is 2.12 bits per heavy atom. The monoisotopic (exact) mass is 260 g/mol. The van der Waals surface area contributed by atoms with Crippen molar-refractivity contribution in [1.29, 1.82) is 0 Å². The van der Waals surface area contributed by atoms with Gasteiger partial charge in [-0.3, -0.25) is 4.79 Å². The quantitative estimate of drug-likeness (QED) is 0.713. The first kappa shape index (κ1) is 13.4. The van der Waals surface area contributed by atoms with Crippen LogP contribution >= 0.6 is 0 Å². The van der Waals surface area contributed by atoms with Crippen molar-refractivity contribution in [2.24, 2.45) is 0 Å². The van der Waals surface area contributed by atoms with Crippen LogP contribution in [0.2, 0.25) is 0 Å². The number of hydrogen-bond donors (Lipinski definition) is 2. The normalized spacial score (nSPS) is 11.4. The van der Waals surface area contributed by atoms with E-state index in [1.807, 2.05) is 0 Å². The maximum absolute atomic E-state index is 11.4. The zero-order chi connectivity index (χ0) is 13.1. The van der Waals surface area contributed by atoms with E-state index in [0.717, 1.165) is 16.8 Å². The van der Waals surface area contributed by atoms with Gasteiger partial charge in [-0.05, 0) is 13.1 Å². The number of sulfonamides is 1. The summed E-state index contributed by atoms with van der Waals surface area (Å²) in [7, 11) is -2.16. The van der Waals surface area contributed by atoms with Gasteiger partial charge in [0.25, 0.3) is 5.56 Å². The average molecular weight is 260 g/mol. The smallest absolute Gasteiger partial charge is 0.337 e. The van der Waals surface area contributed by atoms with Gasteiger partial charge < -0.3 is 9.67 Å². The first-order chi connectivity index (χ1) is 7.85. The number of carboxylic acid groups (broad SMARTS) is 1. The first-order valence-corrected chi connectivity index (χ1v) is 6.36. The highest BCUT2D eigenvalue weighted by molar-refractivity contribution is 7.89. The molecule has 1 rings (SSSR count). The molecule has 0 aromatic carbocycles. The van der Waals surface area contributed by atoms with Crippen LogP contribution in [0.1, 0.15) is 10.4 Å². The van der Waals surface area contributed by atoms with Crippen LogP contribution in [0.4, 0.5) is 0 Å². The minimum atomic E-state index is -3.42. The van der Waals surface area contributed by atoms with Gasteiger partial charge in [-0.2, -0.15) is 0 Å². The van der Waals surface area contributed by atoms with Gasteiger partial charge in [0.05, 0.1) is 11.3 Å². The molecule has 0 aliphatic rings. The third-order valence-electron chi connectivity index (χ3n) is 2.14. The molecule has 0 saturated carbocycles. The molecule has 94 valence electrons.